The molecule has 2 rings (SSSR count). The van der Waals surface area contributed by atoms with Gasteiger partial charge in [0.05, 0.1) is 18.1 Å². The number of methoxy groups -OCH3 is 1. The molecule has 19 heavy (non-hydrogen) atoms. The standard InChI is InChI=1S/C14H19N3O2/c1-8(2)11(13(18)19-4)17-12-9(3)6-5-7-10(12)16-14(17)15/h5-8,11H,1-4H3,(H2,15,16). The average Bonchev–Trinajstić information content (AvgIpc) is 2.67. The molecule has 0 aliphatic carbocycles. The highest BCUT2D eigenvalue weighted by molar-refractivity contribution is 5.85. The Morgan fingerprint density at radius 1 is 1.42 bits per heavy atom. The molecule has 1 unspecified atom stereocenters. The lowest BCUT2D eigenvalue weighted by Crippen LogP contribution is -2.27. The smallest absolute Gasteiger partial charge is 0.329 e. The quantitative estimate of drug-likeness (QED) is 0.861. The molecule has 0 aliphatic heterocycles. The second-order valence-corrected chi connectivity index (χ2v) is 4.99. The lowest BCUT2D eigenvalue weighted by molar-refractivity contribution is -0.145. The van der Waals surface area contributed by atoms with Crippen molar-refractivity contribution in [2.45, 2.75) is 26.8 Å². The Balaban J connectivity index is 2.72. The molecule has 0 saturated carbocycles. The summed E-state index contributed by atoms with van der Waals surface area (Å²) in [6.07, 6.45) is 0. The summed E-state index contributed by atoms with van der Waals surface area (Å²) in [6, 6.07) is 5.34. The number of imidazole rings is 1. The summed E-state index contributed by atoms with van der Waals surface area (Å²) >= 11 is 0. The van der Waals surface area contributed by atoms with Crippen LogP contribution < -0.4 is 5.73 Å². The van der Waals surface area contributed by atoms with E-state index in [1.165, 1.54) is 7.11 Å². The number of fused-ring (bicyclic) bond motifs is 1. The molecule has 0 aliphatic rings. The van der Waals surface area contributed by atoms with Crippen LogP contribution in [0.3, 0.4) is 0 Å². The van der Waals surface area contributed by atoms with Gasteiger partial charge in [-0.25, -0.2) is 9.78 Å². The van der Waals surface area contributed by atoms with Gasteiger partial charge in [0, 0.05) is 0 Å². The summed E-state index contributed by atoms with van der Waals surface area (Å²) in [6.45, 7) is 5.91. The van der Waals surface area contributed by atoms with Crippen molar-refractivity contribution in [1.82, 2.24) is 9.55 Å². The third-order valence-electron chi connectivity index (χ3n) is 3.29. The fourth-order valence-corrected chi connectivity index (χ4v) is 2.42. The number of nitrogens with zero attached hydrogens (tertiary/aromatic N) is 2. The number of nitrogen functional groups attached to an aromatic ring is 1. The number of rotatable bonds is 3. The predicted molar refractivity (Wildman–Crippen MR) is 74.8 cm³/mol. The molecular formula is C14H19N3O2. The molecule has 1 aromatic heterocycles. The first kappa shape index (κ1) is 13.4. The van der Waals surface area contributed by atoms with E-state index >= 15 is 0 Å². The van der Waals surface area contributed by atoms with Crippen molar-refractivity contribution in [3.05, 3.63) is 23.8 Å². The number of anilines is 1. The highest BCUT2D eigenvalue weighted by atomic mass is 16.5. The number of benzene rings is 1. The second kappa shape index (κ2) is 4.91. The van der Waals surface area contributed by atoms with Gasteiger partial charge in [-0.2, -0.15) is 0 Å². The largest absolute Gasteiger partial charge is 0.467 e. The van der Waals surface area contributed by atoms with Crippen molar-refractivity contribution in [1.29, 1.82) is 0 Å². The highest BCUT2D eigenvalue weighted by Gasteiger charge is 2.29. The highest BCUT2D eigenvalue weighted by Crippen LogP contribution is 2.30. The third kappa shape index (κ3) is 2.16. The van der Waals surface area contributed by atoms with Crippen molar-refractivity contribution >= 4 is 23.0 Å². The van der Waals surface area contributed by atoms with E-state index in [0.29, 0.717) is 5.95 Å². The van der Waals surface area contributed by atoms with Crippen molar-refractivity contribution < 1.29 is 9.53 Å². The Kier molecular flexibility index (Phi) is 3.46. The average molecular weight is 261 g/mol. The fourth-order valence-electron chi connectivity index (χ4n) is 2.42. The molecule has 2 aromatic rings. The van der Waals surface area contributed by atoms with Crippen molar-refractivity contribution in [3.63, 3.8) is 0 Å². The van der Waals surface area contributed by atoms with Crippen LogP contribution >= 0.6 is 0 Å². The van der Waals surface area contributed by atoms with Gasteiger partial charge in [-0.05, 0) is 24.5 Å². The first-order valence-corrected chi connectivity index (χ1v) is 6.28. The van der Waals surface area contributed by atoms with Gasteiger partial charge in [0.1, 0.15) is 6.04 Å². The monoisotopic (exact) mass is 261 g/mol. The van der Waals surface area contributed by atoms with E-state index in [1.807, 2.05) is 39.0 Å². The van der Waals surface area contributed by atoms with E-state index in [1.54, 1.807) is 4.57 Å². The SMILES string of the molecule is COC(=O)C(C(C)C)n1c(N)nc2cccc(C)c21. The minimum Gasteiger partial charge on any atom is -0.467 e. The number of hydrogen-bond donors (Lipinski definition) is 1. The van der Waals surface area contributed by atoms with Gasteiger partial charge in [0.15, 0.2) is 0 Å². The van der Waals surface area contributed by atoms with Crippen LogP contribution in [-0.2, 0) is 9.53 Å². The zero-order valence-electron chi connectivity index (χ0n) is 11.7. The zero-order valence-corrected chi connectivity index (χ0v) is 11.7. The number of aryl methyl sites for hydroxylation is 1. The Morgan fingerprint density at radius 3 is 2.68 bits per heavy atom. The maximum atomic E-state index is 12.0. The number of carbonyl (C=O) groups excluding carboxylic acids is 1. The molecule has 102 valence electrons. The summed E-state index contributed by atoms with van der Waals surface area (Å²) in [5.41, 5.74) is 8.73. The maximum absolute atomic E-state index is 12.0. The number of aromatic nitrogens is 2. The van der Waals surface area contributed by atoms with Crippen LogP contribution in [0, 0.1) is 12.8 Å². The van der Waals surface area contributed by atoms with Gasteiger partial charge in [-0.3, -0.25) is 4.57 Å². The molecule has 1 heterocycles. The van der Waals surface area contributed by atoms with Gasteiger partial charge < -0.3 is 10.5 Å². The van der Waals surface area contributed by atoms with E-state index in [-0.39, 0.29) is 11.9 Å². The van der Waals surface area contributed by atoms with Gasteiger partial charge in [0.25, 0.3) is 0 Å². The molecule has 1 atom stereocenters. The van der Waals surface area contributed by atoms with Crippen molar-refractivity contribution in [3.8, 4) is 0 Å². The van der Waals surface area contributed by atoms with Crippen LogP contribution in [0.4, 0.5) is 5.95 Å². The minimum absolute atomic E-state index is 0.0618. The Morgan fingerprint density at radius 2 is 2.11 bits per heavy atom. The maximum Gasteiger partial charge on any atom is 0.329 e. The summed E-state index contributed by atoms with van der Waals surface area (Å²) in [4.78, 5) is 16.4. The molecule has 1 aromatic carbocycles. The molecule has 0 radical (unpaired) electrons. The molecule has 0 amide bonds. The number of ether oxygens (including phenoxy) is 1. The van der Waals surface area contributed by atoms with Crippen LogP contribution in [0.15, 0.2) is 18.2 Å². The van der Waals surface area contributed by atoms with Gasteiger partial charge in [-0.1, -0.05) is 26.0 Å². The lowest BCUT2D eigenvalue weighted by atomic mass is 10.0. The molecule has 5 nitrogen and oxygen atoms in total. The topological polar surface area (TPSA) is 70.1 Å². The van der Waals surface area contributed by atoms with Crippen LogP contribution in [0.1, 0.15) is 25.5 Å². The first-order valence-electron chi connectivity index (χ1n) is 6.28. The number of carbonyl (C=O) groups is 1. The van der Waals surface area contributed by atoms with E-state index in [9.17, 15) is 4.79 Å². The Labute approximate surface area is 112 Å². The number of hydrogen-bond acceptors (Lipinski definition) is 4. The molecule has 5 heteroatoms. The van der Waals surface area contributed by atoms with Crippen LogP contribution in [-0.4, -0.2) is 22.6 Å². The normalized spacial score (nSPS) is 12.9. The molecule has 0 fully saturated rings. The van der Waals surface area contributed by atoms with Crippen LogP contribution in [0.2, 0.25) is 0 Å². The summed E-state index contributed by atoms with van der Waals surface area (Å²) in [5, 5.41) is 0. The van der Waals surface area contributed by atoms with Gasteiger partial charge in [-0.15, -0.1) is 0 Å². The third-order valence-corrected chi connectivity index (χ3v) is 3.29. The summed E-state index contributed by atoms with van der Waals surface area (Å²) in [7, 11) is 1.39. The Hall–Kier alpha value is -2.04. The minimum atomic E-state index is -0.462. The molecule has 0 bridgehead atoms. The molecular weight excluding hydrogens is 242 g/mol. The molecule has 0 saturated heterocycles. The lowest BCUT2D eigenvalue weighted by Gasteiger charge is -2.22. The molecule has 2 N–H and O–H groups in total. The summed E-state index contributed by atoms with van der Waals surface area (Å²) in [5.74, 6) is 0.101. The van der Waals surface area contributed by atoms with Gasteiger partial charge >= 0.3 is 5.97 Å². The van der Waals surface area contributed by atoms with Crippen LogP contribution in [0.25, 0.3) is 11.0 Å². The second-order valence-electron chi connectivity index (χ2n) is 4.99. The predicted octanol–water partition coefficient (Wildman–Crippen LogP) is 2.30. The Bertz CT molecular complexity index is 616. The zero-order chi connectivity index (χ0) is 14.2. The van der Waals surface area contributed by atoms with Crippen molar-refractivity contribution in [2.75, 3.05) is 12.8 Å². The fraction of sp³-hybridized carbons (Fsp3) is 0.429. The van der Waals surface area contributed by atoms with Crippen molar-refractivity contribution in [2.24, 2.45) is 5.92 Å². The van der Waals surface area contributed by atoms with E-state index < -0.39 is 6.04 Å². The first-order chi connectivity index (χ1) is 8.97. The van der Waals surface area contributed by atoms with E-state index in [4.69, 9.17) is 10.5 Å². The molecule has 0 spiro atoms. The number of esters is 1. The number of para-hydroxylation sites is 1. The van der Waals surface area contributed by atoms with E-state index in [2.05, 4.69) is 4.98 Å². The van der Waals surface area contributed by atoms with Crippen LogP contribution in [0.5, 0.6) is 0 Å². The van der Waals surface area contributed by atoms with E-state index in [0.717, 1.165) is 16.6 Å². The summed E-state index contributed by atoms with van der Waals surface area (Å²) < 4.78 is 6.68. The number of nitrogens with two attached hydrogens (primary N) is 1. The van der Waals surface area contributed by atoms with Gasteiger partial charge in [0.2, 0.25) is 5.95 Å².